The molecule has 0 radical (unpaired) electrons. The third-order valence-electron chi connectivity index (χ3n) is 3.32. The summed E-state index contributed by atoms with van der Waals surface area (Å²) in [7, 11) is 0. The van der Waals surface area contributed by atoms with E-state index in [-0.39, 0.29) is 5.56 Å². The number of rotatable bonds is 3. The zero-order valence-corrected chi connectivity index (χ0v) is 13.7. The number of thiazole rings is 1. The van der Waals surface area contributed by atoms with Crippen LogP contribution >= 0.6 is 22.7 Å². The average Bonchev–Trinajstić information content (AvgIpc) is 3.28. The Morgan fingerprint density at radius 2 is 2.30 bits per heavy atom. The Labute approximate surface area is 139 Å². The molecule has 0 spiro atoms. The molecule has 4 aromatic heterocycles. The number of nitrogens with one attached hydrogen (secondary N) is 1. The van der Waals surface area contributed by atoms with Crippen LogP contribution in [0.1, 0.15) is 17.6 Å². The number of fused-ring (bicyclic) bond motifs is 1. The van der Waals surface area contributed by atoms with Crippen molar-refractivity contribution in [2.75, 3.05) is 0 Å². The summed E-state index contributed by atoms with van der Waals surface area (Å²) in [5, 5.41) is 3.32. The highest BCUT2D eigenvalue weighted by Gasteiger charge is 2.09. The van der Waals surface area contributed by atoms with Crippen LogP contribution in [-0.2, 0) is 0 Å². The van der Waals surface area contributed by atoms with Gasteiger partial charge in [0, 0.05) is 11.1 Å². The number of aromatic amines is 1. The van der Waals surface area contributed by atoms with Crippen LogP contribution in [-0.4, -0.2) is 15.0 Å². The lowest BCUT2D eigenvalue weighted by atomic mass is 10.2. The van der Waals surface area contributed by atoms with E-state index < -0.39 is 0 Å². The van der Waals surface area contributed by atoms with Gasteiger partial charge in [-0.15, -0.1) is 22.7 Å². The van der Waals surface area contributed by atoms with Crippen LogP contribution in [0.5, 0.6) is 0 Å². The van der Waals surface area contributed by atoms with Gasteiger partial charge in [-0.1, -0.05) is 0 Å². The van der Waals surface area contributed by atoms with Crippen LogP contribution in [0.3, 0.4) is 0 Å². The molecular formula is C16H11N3O2S2. The first-order valence-corrected chi connectivity index (χ1v) is 8.56. The van der Waals surface area contributed by atoms with E-state index in [0.717, 1.165) is 26.0 Å². The Morgan fingerprint density at radius 3 is 3.13 bits per heavy atom. The smallest absolute Gasteiger partial charge is 0.259 e. The highest BCUT2D eigenvalue weighted by Crippen LogP contribution is 2.28. The van der Waals surface area contributed by atoms with E-state index >= 15 is 0 Å². The van der Waals surface area contributed by atoms with E-state index in [1.807, 2.05) is 30.5 Å². The average molecular weight is 341 g/mol. The lowest BCUT2D eigenvalue weighted by Crippen LogP contribution is -2.09. The minimum atomic E-state index is -0.112. The summed E-state index contributed by atoms with van der Waals surface area (Å²) in [5.41, 5.74) is 0.770. The Balaban J connectivity index is 1.71. The molecule has 0 amide bonds. The molecule has 5 nitrogen and oxygen atoms in total. The summed E-state index contributed by atoms with van der Waals surface area (Å²) in [4.78, 5) is 25.5. The number of hydrogen-bond acceptors (Lipinski definition) is 6. The van der Waals surface area contributed by atoms with Gasteiger partial charge in [-0.3, -0.25) is 4.79 Å². The van der Waals surface area contributed by atoms with E-state index in [9.17, 15) is 4.79 Å². The first-order chi connectivity index (χ1) is 11.2. The number of H-pyrrole nitrogens is 1. The molecule has 0 bridgehead atoms. The summed E-state index contributed by atoms with van der Waals surface area (Å²) in [6, 6.07) is 5.50. The highest BCUT2D eigenvalue weighted by atomic mass is 32.1. The van der Waals surface area contributed by atoms with Crippen LogP contribution < -0.4 is 5.56 Å². The number of furan rings is 1. The summed E-state index contributed by atoms with van der Waals surface area (Å²) in [5.74, 6) is 1.33. The van der Waals surface area contributed by atoms with Crippen molar-refractivity contribution in [3.8, 4) is 10.8 Å². The van der Waals surface area contributed by atoms with Crippen molar-refractivity contribution in [1.29, 1.82) is 0 Å². The normalized spacial score (nSPS) is 12.1. The second kappa shape index (κ2) is 5.60. The molecule has 0 saturated carbocycles. The maximum absolute atomic E-state index is 12.0. The number of hydrogen-bond donors (Lipinski definition) is 1. The van der Waals surface area contributed by atoms with Gasteiger partial charge in [-0.25, -0.2) is 9.97 Å². The molecule has 23 heavy (non-hydrogen) atoms. The predicted octanol–water partition coefficient (Wildman–Crippen LogP) is 4.26. The van der Waals surface area contributed by atoms with Crippen molar-refractivity contribution in [3.63, 3.8) is 0 Å². The minimum absolute atomic E-state index is 0.112. The number of aromatic nitrogens is 3. The lowest BCUT2D eigenvalue weighted by Gasteiger charge is -2.00. The van der Waals surface area contributed by atoms with Gasteiger partial charge in [0.05, 0.1) is 11.6 Å². The molecule has 0 aliphatic carbocycles. The minimum Gasteiger partial charge on any atom is -0.462 e. The molecular weight excluding hydrogens is 330 g/mol. The molecule has 4 rings (SSSR count). The van der Waals surface area contributed by atoms with Gasteiger partial charge >= 0.3 is 0 Å². The van der Waals surface area contributed by atoms with Crippen molar-refractivity contribution < 1.29 is 4.42 Å². The van der Waals surface area contributed by atoms with E-state index in [4.69, 9.17) is 4.42 Å². The van der Waals surface area contributed by atoms with Gasteiger partial charge < -0.3 is 9.40 Å². The molecule has 4 aromatic rings. The molecule has 0 aliphatic rings. The molecule has 7 heteroatoms. The van der Waals surface area contributed by atoms with E-state index in [0.29, 0.717) is 11.2 Å². The maximum atomic E-state index is 12.0. The maximum Gasteiger partial charge on any atom is 0.259 e. The molecule has 0 unspecified atom stereocenters. The Bertz CT molecular complexity index is 1050. The van der Waals surface area contributed by atoms with Gasteiger partial charge in [-0.2, -0.15) is 0 Å². The first kappa shape index (κ1) is 14.1. The van der Waals surface area contributed by atoms with Crippen molar-refractivity contribution in [2.45, 2.75) is 6.92 Å². The van der Waals surface area contributed by atoms with Crippen LogP contribution in [0.2, 0.25) is 0 Å². The second-order valence-electron chi connectivity index (χ2n) is 4.93. The van der Waals surface area contributed by atoms with Crippen LogP contribution in [0.15, 0.2) is 45.3 Å². The topological polar surface area (TPSA) is 71.8 Å². The predicted molar refractivity (Wildman–Crippen MR) is 93.6 cm³/mol. The van der Waals surface area contributed by atoms with Gasteiger partial charge in [0.25, 0.3) is 5.56 Å². The van der Waals surface area contributed by atoms with Crippen LogP contribution in [0.25, 0.3) is 32.6 Å². The van der Waals surface area contributed by atoms with Crippen molar-refractivity contribution in [3.05, 3.63) is 57.1 Å². The molecule has 114 valence electrons. The Kier molecular flexibility index (Phi) is 3.44. The fraction of sp³-hybridized carbons (Fsp3) is 0.0625. The van der Waals surface area contributed by atoms with Crippen LogP contribution in [0, 0.1) is 0 Å². The Morgan fingerprint density at radius 1 is 1.39 bits per heavy atom. The molecule has 1 N–H and O–H groups in total. The molecule has 0 aromatic carbocycles. The van der Waals surface area contributed by atoms with E-state index in [1.165, 1.54) is 22.7 Å². The fourth-order valence-electron chi connectivity index (χ4n) is 2.20. The quantitative estimate of drug-likeness (QED) is 0.604. The van der Waals surface area contributed by atoms with E-state index in [2.05, 4.69) is 15.0 Å². The number of thiophene rings is 1. The number of allylic oxidation sites excluding steroid dienone is 1. The van der Waals surface area contributed by atoms with Crippen LogP contribution in [0.4, 0.5) is 0 Å². The van der Waals surface area contributed by atoms with Crippen molar-refractivity contribution in [2.24, 2.45) is 0 Å². The van der Waals surface area contributed by atoms with Gasteiger partial charge in [-0.05, 0) is 42.2 Å². The molecule has 0 fully saturated rings. The number of nitrogens with zero attached hydrogens (tertiary/aromatic N) is 2. The third kappa shape index (κ3) is 2.64. The van der Waals surface area contributed by atoms with E-state index in [1.54, 1.807) is 18.5 Å². The molecule has 0 atom stereocenters. The first-order valence-electron chi connectivity index (χ1n) is 6.86. The lowest BCUT2D eigenvalue weighted by molar-refractivity contribution is 0.582. The standard InChI is InChI=1S/C16H11N3O2S2/c1-9(13-18-14(20)11-4-6-22-15(11)19-13)7-10-8-17-16(23-10)12-3-2-5-21-12/h2-8H,1H3,(H,18,19,20). The van der Waals surface area contributed by atoms with Crippen molar-refractivity contribution >= 4 is 44.5 Å². The molecule has 0 saturated heterocycles. The second-order valence-corrected chi connectivity index (χ2v) is 6.88. The summed E-state index contributed by atoms with van der Waals surface area (Å²) < 4.78 is 5.35. The fourth-order valence-corrected chi connectivity index (χ4v) is 3.85. The summed E-state index contributed by atoms with van der Waals surface area (Å²) in [6.07, 6.45) is 5.37. The SMILES string of the molecule is CC(=Cc1cnc(-c2ccco2)s1)c1nc2sccc2c(=O)[nH]1. The zero-order valence-electron chi connectivity index (χ0n) is 12.1. The molecule has 0 aliphatic heterocycles. The third-order valence-corrected chi connectivity index (χ3v) is 5.09. The largest absolute Gasteiger partial charge is 0.462 e. The van der Waals surface area contributed by atoms with Gasteiger partial charge in [0.2, 0.25) is 0 Å². The monoisotopic (exact) mass is 341 g/mol. The Hall–Kier alpha value is -2.51. The van der Waals surface area contributed by atoms with Gasteiger partial charge in [0.1, 0.15) is 10.7 Å². The summed E-state index contributed by atoms with van der Waals surface area (Å²) >= 11 is 2.99. The highest BCUT2D eigenvalue weighted by molar-refractivity contribution is 7.16. The summed E-state index contributed by atoms with van der Waals surface area (Å²) in [6.45, 7) is 1.92. The zero-order chi connectivity index (χ0) is 15.8. The van der Waals surface area contributed by atoms with Gasteiger partial charge in [0.15, 0.2) is 10.8 Å². The van der Waals surface area contributed by atoms with Crippen molar-refractivity contribution in [1.82, 2.24) is 15.0 Å². The molecule has 4 heterocycles.